The van der Waals surface area contributed by atoms with Crippen molar-refractivity contribution >= 4 is 22.4 Å². The number of nitriles is 1. The van der Waals surface area contributed by atoms with Gasteiger partial charge >= 0.3 is 5.97 Å². The van der Waals surface area contributed by atoms with E-state index in [9.17, 15) is 20.2 Å². The number of benzene rings is 3. The average molecular weight is 344 g/mol. The third-order valence-electron chi connectivity index (χ3n) is 4.61. The fourth-order valence-electron chi connectivity index (χ4n) is 3.43. The molecule has 1 aliphatic heterocycles. The Morgan fingerprint density at radius 2 is 1.88 bits per heavy atom. The highest BCUT2D eigenvalue weighted by atomic mass is 16.6. The van der Waals surface area contributed by atoms with E-state index in [4.69, 9.17) is 4.74 Å². The van der Waals surface area contributed by atoms with E-state index in [0.717, 1.165) is 10.8 Å². The quantitative estimate of drug-likeness (QED) is 0.304. The summed E-state index contributed by atoms with van der Waals surface area (Å²) >= 11 is 0. The SMILES string of the molecule is N#CC1C(=O)Oc2c(ccc3ccccc23)C1c1cccc([N+](=O)[O-])c1. The lowest BCUT2D eigenvalue weighted by Crippen LogP contribution is -2.31. The van der Waals surface area contributed by atoms with Crippen LogP contribution in [-0.2, 0) is 4.79 Å². The van der Waals surface area contributed by atoms with E-state index in [2.05, 4.69) is 0 Å². The van der Waals surface area contributed by atoms with Gasteiger partial charge in [0.1, 0.15) is 5.75 Å². The number of non-ortho nitro benzene ring substituents is 1. The number of hydrogen-bond donors (Lipinski definition) is 0. The van der Waals surface area contributed by atoms with E-state index < -0.39 is 22.7 Å². The lowest BCUT2D eigenvalue weighted by Gasteiger charge is -2.29. The van der Waals surface area contributed by atoms with Crippen molar-refractivity contribution in [3.8, 4) is 11.8 Å². The molecule has 0 amide bonds. The van der Waals surface area contributed by atoms with Crippen molar-refractivity contribution in [1.29, 1.82) is 5.26 Å². The van der Waals surface area contributed by atoms with Gasteiger partial charge in [-0.3, -0.25) is 14.9 Å². The van der Waals surface area contributed by atoms with Gasteiger partial charge in [-0.2, -0.15) is 5.26 Å². The van der Waals surface area contributed by atoms with Crippen LogP contribution < -0.4 is 4.74 Å². The van der Waals surface area contributed by atoms with Gasteiger partial charge in [-0.1, -0.05) is 48.5 Å². The number of carbonyl (C=O) groups excluding carboxylic acids is 1. The van der Waals surface area contributed by atoms with Crippen LogP contribution in [0.15, 0.2) is 60.7 Å². The van der Waals surface area contributed by atoms with Gasteiger partial charge < -0.3 is 4.74 Å². The molecule has 2 unspecified atom stereocenters. The summed E-state index contributed by atoms with van der Waals surface area (Å²) in [6, 6.07) is 19.2. The van der Waals surface area contributed by atoms with Gasteiger partial charge in [0.25, 0.3) is 5.69 Å². The van der Waals surface area contributed by atoms with Crippen LogP contribution in [0.1, 0.15) is 17.0 Å². The number of rotatable bonds is 2. The van der Waals surface area contributed by atoms with Gasteiger partial charge in [0.05, 0.1) is 11.0 Å². The number of nitro benzene ring substituents is 1. The summed E-state index contributed by atoms with van der Waals surface area (Å²) in [7, 11) is 0. The number of esters is 1. The molecule has 0 saturated carbocycles. The van der Waals surface area contributed by atoms with E-state index in [1.807, 2.05) is 42.5 Å². The zero-order valence-electron chi connectivity index (χ0n) is 13.5. The maximum Gasteiger partial charge on any atom is 0.329 e. The third-order valence-corrected chi connectivity index (χ3v) is 4.61. The van der Waals surface area contributed by atoms with Crippen LogP contribution in [0.5, 0.6) is 5.75 Å². The van der Waals surface area contributed by atoms with Gasteiger partial charge in [0, 0.05) is 29.0 Å². The van der Waals surface area contributed by atoms with Crippen LogP contribution >= 0.6 is 0 Å². The lowest BCUT2D eigenvalue weighted by atomic mass is 9.78. The monoisotopic (exact) mass is 344 g/mol. The van der Waals surface area contributed by atoms with Crippen molar-refractivity contribution in [3.05, 3.63) is 81.9 Å². The number of hydrogen-bond acceptors (Lipinski definition) is 5. The Kier molecular flexibility index (Phi) is 3.63. The first-order valence-corrected chi connectivity index (χ1v) is 7.97. The van der Waals surface area contributed by atoms with Gasteiger partial charge in [0.15, 0.2) is 5.92 Å². The number of carbonyl (C=O) groups is 1. The molecule has 0 N–H and O–H groups in total. The third kappa shape index (κ3) is 2.38. The molecular formula is C20H12N2O4. The predicted molar refractivity (Wildman–Crippen MR) is 93.6 cm³/mol. The minimum atomic E-state index is -1.06. The van der Waals surface area contributed by atoms with Crippen molar-refractivity contribution in [2.75, 3.05) is 0 Å². The topological polar surface area (TPSA) is 93.2 Å². The fraction of sp³-hybridized carbons (Fsp3) is 0.100. The molecule has 26 heavy (non-hydrogen) atoms. The van der Waals surface area contributed by atoms with Crippen LogP contribution in [0, 0.1) is 27.4 Å². The van der Waals surface area contributed by atoms with E-state index in [1.165, 1.54) is 12.1 Å². The molecule has 6 heteroatoms. The summed E-state index contributed by atoms with van der Waals surface area (Å²) in [5.74, 6) is -1.92. The van der Waals surface area contributed by atoms with E-state index in [1.54, 1.807) is 12.1 Å². The Morgan fingerprint density at radius 3 is 2.65 bits per heavy atom. The number of nitrogens with zero attached hydrogens (tertiary/aromatic N) is 2. The second-order valence-corrected chi connectivity index (χ2v) is 6.06. The van der Waals surface area contributed by atoms with Crippen LogP contribution in [0.3, 0.4) is 0 Å². The van der Waals surface area contributed by atoms with Crippen molar-refractivity contribution < 1.29 is 14.5 Å². The molecule has 2 atom stereocenters. The van der Waals surface area contributed by atoms with Crippen LogP contribution in [-0.4, -0.2) is 10.9 Å². The first-order valence-electron chi connectivity index (χ1n) is 7.97. The second kappa shape index (κ2) is 5.97. The lowest BCUT2D eigenvalue weighted by molar-refractivity contribution is -0.384. The number of ether oxygens (including phenoxy) is 1. The molecule has 1 aliphatic rings. The maximum absolute atomic E-state index is 12.5. The molecule has 0 fully saturated rings. The summed E-state index contributed by atoms with van der Waals surface area (Å²) < 4.78 is 5.48. The minimum Gasteiger partial charge on any atom is -0.425 e. The van der Waals surface area contributed by atoms with Crippen LogP contribution in [0.4, 0.5) is 5.69 Å². The summed E-state index contributed by atoms with van der Waals surface area (Å²) in [6.45, 7) is 0. The smallest absolute Gasteiger partial charge is 0.329 e. The van der Waals surface area contributed by atoms with E-state index in [-0.39, 0.29) is 5.69 Å². The molecule has 0 aliphatic carbocycles. The Morgan fingerprint density at radius 1 is 1.08 bits per heavy atom. The highest BCUT2D eigenvalue weighted by Gasteiger charge is 2.40. The molecule has 4 rings (SSSR count). The van der Waals surface area contributed by atoms with E-state index >= 15 is 0 Å². The first kappa shape index (κ1) is 15.8. The van der Waals surface area contributed by atoms with Crippen molar-refractivity contribution in [1.82, 2.24) is 0 Å². The zero-order chi connectivity index (χ0) is 18.3. The largest absolute Gasteiger partial charge is 0.425 e. The molecule has 0 bridgehead atoms. The maximum atomic E-state index is 12.5. The Balaban J connectivity index is 1.98. The van der Waals surface area contributed by atoms with Gasteiger partial charge in [-0.05, 0) is 10.9 Å². The van der Waals surface area contributed by atoms with Gasteiger partial charge in [-0.15, -0.1) is 0 Å². The summed E-state index contributed by atoms with van der Waals surface area (Å²) in [6.07, 6.45) is 0. The number of fused-ring (bicyclic) bond motifs is 3. The molecule has 3 aromatic carbocycles. The normalized spacial score (nSPS) is 18.7. The molecule has 0 spiro atoms. The zero-order valence-corrected chi connectivity index (χ0v) is 13.5. The molecule has 0 saturated heterocycles. The molecule has 1 heterocycles. The Hall–Kier alpha value is -3.72. The highest BCUT2D eigenvalue weighted by Crippen LogP contribution is 2.45. The standard InChI is InChI=1S/C20H12N2O4/c21-11-17-18(13-5-3-6-14(10-13)22(24)25)16-9-8-12-4-1-2-7-15(12)19(16)26-20(17)23/h1-10,17-18H. The van der Waals surface area contributed by atoms with Gasteiger partial charge in [0.2, 0.25) is 0 Å². The average Bonchev–Trinajstić information content (AvgIpc) is 2.67. The molecule has 0 radical (unpaired) electrons. The van der Waals surface area contributed by atoms with Gasteiger partial charge in [-0.25, -0.2) is 0 Å². The molecule has 3 aromatic rings. The number of nitro groups is 1. The van der Waals surface area contributed by atoms with Crippen molar-refractivity contribution in [2.45, 2.75) is 5.92 Å². The summed E-state index contributed by atoms with van der Waals surface area (Å²) in [4.78, 5) is 23.1. The van der Waals surface area contributed by atoms with Crippen molar-refractivity contribution in [2.24, 2.45) is 5.92 Å². The molecule has 0 aromatic heterocycles. The molecule has 126 valence electrons. The Labute approximate surface area is 148 Å². The second-order valence-electron chi connectivity index (χ2n) is 6.06. The van der Waals surface area contributed by atoms with Crippen LogP contribution in [0.2, 0.25) is 0 Å². The highest BCUT2D eigenvalue weighted by molar-refractivity contribution is 5.95. The summed E-state index contributed by atoms with van der Waals surface area (Å²) in [5.41, 5.74) is 1.13. The molecular weight excluding hydrogens is 332 g/mol. The summed E-state index contributed by atoms with van der Waals surface area (Å²) in [5, 5.41) is 22.3. The van der Waals surface area contributed by atoms with Crippen LogP contribution in [0.25, 0.3) is 10.8 Å². The molecule has 6 nitrogen and oxygen atoms in total. The van der Waals surface area contributed by atoms with Crippen molar-refractivity contribution in [3.63, 3.8) is 0 Å². The Bertz CT molecular complexity index is 1100. The minimum absolute atomic E-state index is 0.0829. The van der Waals surface area contributed by atoms with E-state index in [0.29, 0.717) is 16.9 Å². The first-order chi connectivity index (χ1) is 12.6. The fourth-order valence-corrected chi connectivity index (χ4v) is 3.43. The predicted octanol–water partition coefficient (Wildman–Crippen LogP) is 3.94.